The standard InChI is InChI=1S/C22H24FNO3/c1-15-9-17(11-18(23)10-15)22(26)12-19-7-8-20(13-22)24(19)21(25)27-14-16-5-3-2-4-6-16/h2-6,9-11,19-20,26H,7-8,12-14H2,1H3. The Balaban J connectivity index is 1.47. The van der Waals surface area contributed by atoms with Gasteiger partial charge >= 0.3 is 6.09 Å². The van der Waals surface area contributed by atoms with Gasteiger partial charge in [0.1, 0.15) is 12.4 Å². The van der Waals surface area contributed by atoms with E-state index in [-0.39, 0.29) is 30.6 Å². The molecular formula is C22H24FNO3. The molecule has 2 bridgehead atoms. The number of carbonyl (C=O) groups excluding carboxylic acids is 1. The van der Waals surface area contributed by atoms with Gasteiger partial charge in [0.15, 0.2) is 0 Å². The molecule has 4 rings (SSSR count). The summed E-state index contributed by atoms with van der Waals surface area (Å²) in [5.74, 6) is -0.338. The second kappa shape index (κ2) is 6.97. The first kappa shape index (κ1) is 18.0. The van der Waals surface area contributed by atoms with Crippen molar-refractivity contribution in [2.24, 2.45) is 0 Å². The van der Waals surface area contributed by atoms with Crippen LogP contribution in [-0.4, -0.2) is 28.2 Å². The quantitative estimate of drug-likeness (QED) is 0.878. The zero-order chi connectivity index (χ0) is 19.0. The molecule has 2 atom stereocenters. The number of ether oxygens (including phenoxy) is 1. The number of piperidine rings is 1. The number of benzene rings is 2. The highest BCUT2D eigenvalue weighted by atomic mass is 19.1. The van der Waals surface area contributed by atoms with Crippen molar-refractivity contribution in [3.63, 3.8) is 0 Å². The summed E-state index contributed by atoms with van der Waals surface area (Å²) < 4.78 is 19.3. The van der Waals surface area contributed by atoms with Crippen molar-refractivity contribution >= 4 is 6.09 Å². The van der Waals surface area contributed by atoms with Gasteiger partial charge in [-0.2, -0.15) is 0 Å². The van der Waals surface area contributed by atoms with Gasteiger partial charge in [0.25, 0.3) is 0 Å². The van der Waals surface area contributed by atoms with Gasteiger partial charge in [0, 0.05) is 24.9 Å². The molecule has 27 heavy (non-hydrogen) atoms. The summed E-state index contributed by atoms with van der Waals surface area (Å²) in [6, 6.07) is 14.1. The third-order valence-electron chi connectivity index (χ3n) is 5.76. The maximum absolute atomic E-state index is 13.8. The van der Waals surface area contributed by atoms with Crippen LogP contribution in [-0.2, 0) is 16.9 Å². The highest BCUT2D eigenvalue weighted by Crippen LogP contribution is 2.46. The Labute approximate surface area is 158 Å². The fourth-order valence-electron chi connectivity index (χ4n) is 4.56. The number of hydrogen-bond acceptors (Lipinski definition) is 3. The lowest BCUT2D eigenvalue weighted by atomic mass is 9.80. The van der Waals surface area contributed by atoms with Crippen molar-refractivity contribution in [3.05, 3.63) is 71.0 Å². The topological polar surface area (TPSA) is 49.8 Å². The molecule has 2 aliphatic heterocycles. The first-order valence-corrected chi connectivity index (χ1v) is 9.44. The predicted octanol–water partition coefficient (Wildman–Crippen LogP) is 4.29. The number of carbonyl (C=O) groups is 1. The van der Waals surface area contributed by atoms with Crippen LogP contribution in [0.2, 0.25) is 0 Å². The van der Waals surface area contributed by atoms with E-state index in [1.165, 1.54) is 12.1 Å². The Bertz CT molecular complexity index is 804. The molecule has 0 radical (unpaired) electrons. The molecule has 2 unspecified atom stereocenters. The van der Waals surface area contributed by atoms with Gasteiger partial charge in [0.2, 0.25) is 0 Å². The molecule has 2 saturated heterocycles. The highest BCUT2D eigenvalue weighted by Gasteiger charge is 2.50. The van der Waals surface area contributed by atoms with Crippen LogP contribution in [0.1, 0.15) is 42.4 Å². The van der Waals surface area contributed by atoms with E-state index in [2.05, 4.69) is 0 Å². The van der Waals surface area contributed by atoms with E-state index in [9.17, 15) is 14.3 Å². The minimum Gasteiger partial charge on any atom is -0.445 e. The van der Waals surface area contributed by atoms with Crippen LogP contribution < -0.4 is 0 Å². The van der Waals surface area contributed by atoms with E-state index in [0.29, 0.717) is 18.4 Å². The average molecular weight is 369 g/mol. The van der Waals surface area contributed by atoms with Crippen LogP contribution in [0, 0.1) is 12.7 Å². The van der Waals surface area contributed by atoms with E-state index in [4.69, 9.17) is 4.74 Å². The fraction of sp³-hybridized carbons (Fsp3) is 0.409. The fourth-order valence-corrected chi connectivity index (χ4v) is 4.56. The zero-order valence-electron chi connectivity index (χ0n) is 15.4. The molecule has 1 N–H and O–H groups in total. The smallest absolute Gasteiger partial charge is 0.410 e. The number of amides is 1. The molecule has 0 spiro atoms. The molecule has 1 amide bonds. The lowest BCUT2D eigenvalue weighted by Gasteiger charge is -2.43. The van der Waals surface area contributed by atoms with Crippen molar-refractivity contribution in [1.82, 2.24) is 4.90 Å². The minimum absolute atomic E-state index is 0.0828. The van der Waals surface area contributed by atoms with E-state index in [1.807, 2.05) is 43.3 Å². The molecule has 0 aromatic heterocycles. The number of aryl methyl sites for hydroxylation is 1. The van der Waals surface area contributed by atoms with Crippen LogP contribution in [0.15, 0.2) is 48.5 Å². The number of rotatable bonds is 3. The third kappa shape index (κ3) is 3.56. The van der Waals surface area contributed by atoms with Gasteiger partial charge in [-0.05, 0) is 48.6 Å². The Hall–Kier alpha value is -2.40. The van der Waals surface area contributed by atoms with E-state index >= 15 is 0 Å². The molecule has 2 aromatic rings. The van der Waals surface area contributed by atoms with Crippen LogP contribution >= 0.6 is 0 Å². The van der Waals surface area contributed by atoms with Crippen molar-refractivity contribution in [3.8, 4) is 0 Å². The number of nitrogens with zero attached hydrogens (tertiary/aromatic N) is 1. The Kier molecular flexibility index (Phi) is 4.64. The maximum atomic E-state index is 13.8. The SMILES string of the molecule is Cc1cc(F)cc(C2(O)CC3CCC(C2)N3C(=O)OCc2ccccc2)c1. The van der Waals surface area contributed by atoms with Crippen molar-refractivity contribution in [2.45, 2.75) is 56.9 Å². The number of halogens is 1. The van der Waals surface area contributed by atoms with Gasteiger partial charge in [0.05, 0.1) is 5.60 Å². The number of fused-ring (bicyclic) bond motifs is 2. The molecule has 5 heteroatoms. The van der Waals surface area contributed by atoms with Gasteiger partial charge in [-0.3, -0.25) is 0 Å². The van der Waals surface area contributed by atoms with Crippen molar-refractivity contribution in [1.29, 1.82) is 0 Å². The summed E-state index contributed by atoms with van der Waals surface area (Å²) in [6.07, 6.45) is 2.16. The lowest BCUT2D eigenvalue weighted by molar-refractivity contribution is -0.0538. The predicted molar refractivity (Wildman–Crippen MR) is 99.5 cm³/mol. The third-order valence-corrected chi connectivity index (χ3v) is 5.76. The van der Waals surface area contributed by atoms with Gasteiger partial charge in [-0.15, -0.1) is 0 Å². The monoisotopic (exact) mass is 369 g/mol. The number of hydrogen-bond donors (Lipinski definition) is 1. The second-order valence-corrected chi connectivity index (χ2v) is 7.79. The molecule has 2 fully saturated rings. The minimum atomic E-state index is -1.10. The van der Waals surface area contributed by atoms with Crippen molar-refractivity contribution in [2.75, 3.05) is 0 Å². The Morgan fingerprint density at radius 2 is 1.85 bits per heavy atom. The summed E-state index contributed by atoms with van der Waals surface area (Å²) in [6.45, 7) is 2.06. The summed E-state index contributed by atoms with van der Waals surface area (Å²) in [4.78, 5) is 14.4. The van der Waals surface area contributed by atoms with Crippen LogP contribution in [0.3, 0.4) is 0 Å². The van der Waals surface area contributed by atoms with Crippen molar-refractivity contribution < 1.29 is 19.0 Å². The van der Waals surface area contributed by atoms with E-state index in [0.717, 1.165) is 24.0 Å². The van der Waals surface area contributed by atoms with Gasteiger partial charge in [-0.25, -0.2) is 9.18 Å². The summed E-state index contributed by atoms with van der Waals surface area (Å²) in [7, 11) is 0. The normalized spacial score (nSPS) is 26.9. The molecule has 142 valence electrons. The largest absolute Gasteiger partial charge is 0.445 e. The van der Waals surface area contributed by atoms with Gasteiger partial charge < -0.3 is 14.7 Å². The average Bonchev–Trinajstić information content (AvgIpc) is 2.92. The molecule has 2 aliphatic rings. The first-order chi connectivity index (χ1) is 12.9. The zero-order valence-corrected chi connectivity index (χ0v) is 15.4. The van der Waals surface area contributed by atoms with Crippen LogP contribution in [0.5, 0.6) is 0 Å². The summed E-state index contributed by atoms with van der Waals surface area (Å²) in [5, 5.41) is 11.2. The highest BCUT2D eigenvalue weighted by molar-refractivity contribution is 5.69. The molecule has 2 aromatic carbocycles. The lowest BCUT2D eigenvalue weighted by Crippen LogP contribution is -2.52. The first-order valence-electron chi connectivity index (χ1n) is 9.44. The van der Waals surface area contributed by atoms with Crippen LogP contribution in [0.25, 0.3) is 0 Å². The number of aliphatic hydroxyl groups is 1. The molecule has 2 heterocycles. The molecule has 4 nitrogen and oxygen atoms in total. The van der Waals surface area contributed by atoms with Crippen LogP contribution in [0.4, 0.5) is 9.18 Å². The van der Waals surface area contributed by atoms with Gasteiger partial charge in [-0.1, -0.05) is 36.4 Å². The second-order valence-electron chi connectivity index (χ2n) is 7.79. The Morgan fingerprint density at radius 1 is 1.19 bits per heavy atom. The molecule has 0 aliphatic carbocycles. The summed E-state index contributed by atoms with van der Waals surface area (Å²) >= 11 is 0. The summed E-state index contributed by atoms with van der Waals surface area (Å²) in [5.41, 5.74) is 1.24. The Morgan fingerprint density at radius 3 is 2.48 bits per heavy atom. The van der Waals surface area contributed by atoms with E-state index < -0.39 is 5.60 Å². The maximum Gasteiger partial charge on any atom is 0.410 e. The molecular weight excluding hydrogens is 345 g/mol. The van der Waals surface area contributed by atoms with E-state index in [1.54, 1.807) is 4.90 Å². The molecule has 0 saturated carbocycles.